The minimum absolute atomic E-state index is 0.157. The average molecular weight is 220 g/mol. The monoisotopic (exact) mass is 219 g/mol. The van der Waals surface area contributed by atoms with Crippen molar-refractivity contribution in [1.29, 1.82) is 0 Å². The zero-order chi connectivity index (χ0) is 8.27. The molecular formula is C6H6BrNO3. The molecular weight excluding hydrogens is 214 g/mol. The van der Waals surface area contributed by atoms with Gasteiger partial charge in [-0.3, -0.25) is 0 Å². The number of halogens is 1. The number of ether oxygens (including phenoxy) is 1. The van der Waals surface area contributed by atoms with Gasteiger partial charge in [0, 0.05) is 7.05 Å². The van der Waals surface area contributed by atoms with Crippen LogP contribution in [0.15, 0.2) is 21.2 Å². The molecule has 0 bridgehead atoms. The summed E-state index contributed by atoms with van der Waals surface area (Å²) in [6, 6.07) is 1.64. The van der Waals surface area contributed by atoms with Gasteiger partial charge in [0.15, 0.2) is 0 Å². The first-order chi connectivity index (χ1) is 5.24. The number of amides is 1. The van der Waals surface area contributed by atoms with Gasteiger partial charge in [0.1, 0.15) is 4.47 Å². The molecule has 0 atom stereocenters. The van der Waals surface area contributed by atoms with E-state index in [1.54, 1.807) is 6.07 Å². The highest BCUT2D eigenvalue weighted by molar-refractivity contribution is 9.10. The predicted molar refractivity (Wildman–Crippen MR) is 41.5 cm³/mol. The molecule has 0 spiro atoms. The predicted octanol–water partition coefficient (Wildman–Crippen LogP) is 1.76. The van der Waals surface area contributed by atoms with Gasteiger partial charge in [-0.25, -0.2) is 4.79 Å². The summed E-state index contributed by atoms with van der Waals surface area (Å²) in [5, 5.41) is 2.29. The van der Waals surface area contributed by atoms with Gasteiger partial charge >= 0.3 is 12.0 Å². The third-order valence-corrected chi connectivity index (χ3v) is 1.56. The summed E-state index contributed by atoms with van der Waals surface area (Å²) in [7, 11) is 1.47. The Kier molecular flexibility index (Phi) is 2.53. The Labute approximate surface area is 71.6 Å². The van der Waals surface area contributed by atoms with Gasteiger partial charge < -0.3 is 14.5 Å². The van der Waals surface area contributed by atoms with E-state index in [-0.39, 0.29) is 5.95 Å². The summed E-state index contributed by atoms with van der Waals surface area (Å²) in [6.45, 7) is 0. The van der Waals surface area contributed by atoms with Gasteiger partial charge in [-0.2, -0.15) is 0 Å². The van der Waals surface area contributed by atoms with E-state index in [4.69, 9.17) is 4.42 Å². The van der Waals surface area contributed by atoms with Crippen LogP contribution in [0.2, 0.25) is 0 Å². The summed E-state index contributed by atoms with van der Waals surface area (Å²) < 4.78 is 10.1. The molecule has 1 aromatic heterocycles. The van der Waals surface area contributed by atoms with Crippen molar-refractivity contribution in [2.75, 3.05) is 7.05 Å². The quantitative estimate of drug-likeness (QED) is 0.784. The first kappa shape index (κ1) is 8.13. The van der Waals surface area contributed by atoms with E-state index in [0.29, 0.717) is 4.47 Å². The van der Waals surface area contributed by atoms with Crippen LogP contribution in [0.4, 0.5) is 4.79 Å². The second-order valence-electron chi connectivity index (χ2n) is 1.70. The lowest BCUT2D eigenvalue weighted by Gasteiger charge is -1.97. The largest absolute Gasteiger partial charge is 0.433 e. The smallest absolute Gasteiger partial charge is 0.414 e. The van der Waals surface area contributed by atoms with Gasteiger partial charge in [-0.1, -0.05) is 0 Å². The van der Waals surface area contributed by atoms with E-state index in [1.807, 2.05) is 0 Å². The van der Waals surface area contributed by atoms with Crippen LogP contribution in [0.5, 0.6) is 5.95 Å². The SMILES string of the molecule is CNC(=O)Oc1occc1Br. The maximum absolute atomic E-state index is 10.6. The van der Waals surface area contributed by atoms with Crippen molar-refractivity contribution >= 4 is 22.0 Å². The zero-order valence-corrected chi connectivity index (χ0v) is 7.34. The molecule has 1 amide bonds. The number of carbonyl (C=O) groups is 1. The molecule has 0 aliphatic rings. The summed E-state index contributed by atoms with van der Waals surface area (Å²) in [5.41, 5.74) is 0. The Morgan fingerprint density at radius 1 is 1.82 bits per heavy atom. The third-order valence-electron chi connectivity index (χ3n) is 0.974. The molecule has 0 saturated carbocycles. The fourth-order valence-corrected chi connectivity index (χ4v) is 0.770. The van der Waals surface area contributed by atoms with Crippen LogP contribution in [0, 0.1) is 0 Å². The number of hydrogen-bond acceptors (Lipinski definition) is 3. The number of hydrogen-bond donors (Lipinski definition) is 1. The van der Waals surface area contributed by atoms with Crippen molar-refractivity contribution in [2.24, 2.45) is 0 Å². The van der Waals surface area contributed by atoms with Crippen molar-refractivity contribution < 1.29 is 13.9 Å². The van der Waals surface area contributed by atoms with Crippen molar-refractivity contribution in [3.8, 4) is 5.95 Å². The van der Waals surface area contributed by atoms with Crippen molar-refractivity contribution in [3.05, 3.63) is 16.8 Å². The average Bonchev–Trinajstić information content (AvgIpc) is 2.37. The van der Waals surface area contributed by atoms with Crippen LogP contribution in [0.25, 0.3) is 0 Å². The lowest BCUT2D eigenvalue weighted by atomic mass is 10.6. The van der Waals surface area contributed by atoms with Gasteiger partial charge in [0.25, 0.3) is 0 Å². The van der Waals surface area contributed by atoms with Crippen molar-refractivity contribution in [2.45, 2.75) is 0 Å². The summed E-state index contributed by atoms with van der Waals surface area (Å²) >= 11 is 3.13. The minimum Gasteiger partial charge on any atom is -0.433 e. The van der Waals surface area contributed by atoms with Gasteiger partial charge in [0.2, 0.25) is 0 Å². The van der Waals surface area contributed by atoms with E-state index in [0.717, 1.165) is 0 Å². The number of carbonyl (C=O) groups excluding carboxylic acids is 1. The molecule has 4 nitrogen and oxygen atoms in total. The molecule has 11 heavy (non-hydrogen) atoms. The van der Waals surface area contributed by atoms with Crippen LogP contribution in [-0.4, -0.2) is 13.1 Å². The molecule has 5 heteroatoms. The van der Waals surface area contributed by atoms with E-state index in [1.165, 1.54) is 13.3 Å². The van der Waals surface area contributed by atoms with Gasteiger partial charge in [0.05, 0.1) is 6.26 Å². The fourth-order valence-electron chi connectivity index (χ4n) is 0.488. The fraction of sp³-hybridized carbons (Fsp3) is 0.167. The summed E-state index contributed by atoms with van der Waals surface area (Å²) in [6.07, 6.45) is 0.864. The lowest BCUT2D eigenvalue weighted by molar-refractivity contribution is 0.189. The molecule has 0 radical (unpaired) electrons. The molecule has 1 aromatic rings. The van der Waals surface area contributed by atoms with E-state index in [2.05, 4.69) is 26.0 Å². The number of furan rings is 1. The highest BCUT2D eigenvalue weighted by atomic mass is 79.9. The Bertz CT molecular complexity index is 258. The summed E-state index contributed by atoms with van der Waals surface area (Å²) in [4.78, 5) is 10.6. The lowest BCUT2D eigenvalue weighted by Crippen LogP contribution is -2.21. The second-order valence-corrected chi connectivity index (χ2v) is 2.55. The highest BCUT2D eigenvalue weighted by Gasteiger charge is 2.08. The maximum atomic E-state index is 10.6. The van der Waals surface area contributed by atoms with Crippen LogP contribution in [-0.2, 0) is 0 Å². The second kappa shape index (κ2) is 3.43. The molecule has 1 rings (SSSR count). The third kappa shape index (κ3) is 1.98. The van der Waals surface area contributed by atoms with Gasteiger partial charge in [-0.05, 0) is 22.0 Å². The van der Waals surface area contributed by atoms with Crippen LogP contribution >= 0.6 is 15.9 Å². The zero-order valence-electron chi connectivity index (χ0n) is 5.76. The topological polar surface area (TPSA) is 51.5 Å². The van der Waals surface area contributed by atoms with Crippen molar-refractivity contribution in [1.82, 2.24) is 5.32 Å². The van der Waals surface area contributed by atoms with Crippen molar-refractivity contribution in [3.63, 3.8) is 0 Å². The van der Waals surface area contributed by atoms with Gasteiger partial charge in [-0.15, -0.1) is 0 Å². The van der Waals surface area contributed by atoms with E-state index < -0.39 is 6.09 Å². The normalized spacial score (nSPS) is 9.27. The molecule has 0 aliphatic heterocycles. The van der Waals surface area contributed by atoms with E-state index >= 15 is 0 Å². The summed E-state index contributed by atoms with van der Waals surface area (Å²) in [5.74, 6) is 0.157. The van der Waals surface area contributed by atoms with Crippen LogP contribution in [0.3, 0.4) is 0 Å². The molecule has 0 unspecified atom stereocenters. The molecule has 1 N–H and O–H groups in total. The Morgan fingerprint density at radius 2 is 2.55 bits per heavy atom. The molecule has 0 saturated heterocycles. The Balaban J connectivity index is 2.64. The Morgan fingerprint density at radius 3 is 3.00 bits per heavy atom. The van der Waals surface area contributed by atoms with Crippen LogP contribution < -0.4 is 10.1 Å². The van der Waals surface area contributed by atoms with E-state index in [9.17, 15) is 4.79 Å². The molecule has 1 heterocycles. The molecule has 0 aromatic carbocycles. The number of rotatable bonds is 1. The molecule has 0 aliphatic carbocycles. The maximum Gasteiger partial charge on any atom is 0.414 e. The Hall–Kier alpha value is -0.970. The number of nitrogens with one attached hydrogen (secondary N) is 1. The first-order valence-corrected chi connectivity index (χ1v) is 3.66. The molecule has 0 fully saturated rings. The minimum atomic E-state index is -0.555. The first-order valence-electron chi connectivity index (χ1n) is 2.86. The molecule has 60 valence electrons. The van der Waals surface area contributed by atoms with Crippen LogP contribution in [0.1, 0.15) is 0 Å². The standard InChI is InChI=1S/C6H6BrNO3/c1-8-6(9)11-5-4(7)2-3-10-5/h2-3H,1H3,(H,8,9). The highest BCUT2D eigenvalue weighted by Crippen LogP contribution is 2.25.